The zero-order chi connectivity index (χ0) is 28.7. The number of hydrogen-bond acceptors (Lipinski definition) is 6. The van der Waals surface area contributed by atoms with E-state index in [1.54, 1.807) is 4.90 Å². The van der Waals surface area contributed by atoms with Gasteiger partial charge in [0.05, 0.1) is 23.8 Å². The number of aromatic nitrogens is 1. The number of benzene rings is 2. The lowest BCUT2D eigenvalue weighted by Crippen LogP contribution is -2.51. The van der Waals surface area contributed by atoms with Gasteiger partial charge in [0.2, 0.25) is 11.8 Å². The molecule has 2 amide bonds. The van der Waals surface area contributed by atoms with Crippen LogP contribution in [0.5, 0.6) is 11.6 Å². The summed E-state index contributed by atoms with van der Waals surface area (Å²) in [6, 6.07) is 14.1. The number of nitrogens with one attached hydrogen (secondary N) is 2. The Hall–Kier alpha value is -3.67. The highest BCUT2D eigenvalue weighted by molar-refractivity contribution is 6.32. The van der Waals surface area contributed by atoms with E-state index in [0.717, 1.165) is 30.2 Å². The number of alkyl halides is 3. The van der Waals surface area contributed by atoms with Gasteiger partial charge in [-0.1, -0.05) is 41.9 Å². The van der Waals surface area contributed by atoms with Crippen LogP contribution in [0.2, 0.25) is 5.02 Å². The lowest BCUT2D eigenvalue weighted by atomic mass is 10.2. The molecule has 1 saturated heterocycles. The molecule has 8 nitrogen and oxygen atoms in total. The molecule has 2 atom stereocenters. The Morgan fingerprint density at radius 2 is 1.93 bits per heavy atom. The van der Waals surface area contributed by atoms with Gasteiger partial charge in [-0.2, -0.15) is 13.2 Å². The molecule has 0 bridgehead atoms. The SMILES string of the molecule is CN[C@@H]1CCN(C(=O)[C@@H](COCc2ccccc2)NC(=O)c2cccnc2Oc2ccc(C(F)(F)F)cc2Cl)C1. The van der Waals surface area contributed by atoms with Crippen molar-refractivity contribution in [2.75, 3.05) is 26.7 Å². The van der Waals surface area contributed by atoms with Crippen LogP contribution in [0.25, 0.3) is 0 Å². The summed E-state index contributed by atoms with van der Waals surface area (Å²) >= 11 is 6.02. The first kappa shape index (κ1) is 29.3. The number of pyridine rings is 1. The molecule has 1 aliphatic rings. The maximum Gasteiger partial charge on any atom is 0.416 e. The maximum atomic E-state index is 13.4. The van der Waals surface area contributed by atoms with E-state index in [-0.39, 0.29) is 47.4 Å². The smallest absolute Gasteiger partial charge is 0.416 e. The van der Waals surface area contributed by atoms with Crippen LogP contribution in [0.1, 0.15) is 27.9 Å². The Bertz CT molecular complexity index is 1330. The van der Waals surface area contributed by atoms with Crippen molar-refractivity contribution in [3.05, 3.63) is 88.6 Å². The van der Waals surface area contributed by atoms with Crippen LogP contribution >= 0.6 is 11.6 Å². The zero-order valence-electron chi connectivity index (χ0n) is 21.6. The van der Waals surface area contributed by atoms with Gasteiger partial charge in [-0.05, 0) is 49.4 Å². The second kappa shape index (κ2) is 13.1. The van der Waals surface area contributed by atoms with E-state index in [1.165, 1.54) is 18.3 Å². The van der Waals surface area contributed by atoms with E-state index in [9.17, 15) is 22.8 Å². The predicted octanol–water partition coefficient (Wildman–Crippen LogP) is 4.68. The molecule has 2 heterocycles. The molecule has 3 aromatic rings. The molecule has 0 aliphatic carbocycles. The van der Waals surface area contributed by atoms with Crippen molar-refractivity contribution in [1.29, 1.82) is 0 Å². The van der Waals surface area contributed by atoms with Gasteiger partial charge in [0.25, 0.3) is 5.91 Å². The highest BCUT2D eigenvalue weighted by atomic mass is 35.5. The highest BCUT2D eigenvalue weighted by Gasteiger charge is 2.33. The van der Waals surface area contributed by atoms with Gasteiger partial charge in [0.1, 0.15) is 17.4 Å². The van der Waals surface area contributed by atoms with Gasteiger partial charge in [-0.15, -0.1) is 0 Å². The second-order valence-corrected chi connectivity index (χ2v) is 9.59. The minimum absolute atomic E-state index is 0.0335. The molecule has 0 unspecified atom stereocenters. The molecule has 2 N–H and O–H groups in total. The van der Waals surface area contributed by atoms with Crippen LogP contribution in [0, 0.1) is 0 Å². The number of carbonyl (C=O) groups is 2. The van der Waals surface area contributed by atoms with Crippen molar-refractivity contribution in [3.8, 4) is 11.6 Å². The summed E-state index contributed by atoms with van der Waals surface area (Å²) in [6.45, 7) is 1.19. The van der Waals surface area contributed by atoms with Crippen LogP contribution in [-0.4, -0.2) is 60.5 Å². The van der Waals surface area contributed by atoms with Gasteiger partial charge in [0.15, 0.2) is 0 Å². The summed E-state index contributed by atoms with van der Waals surface area (Å²) in [6.07, 6.45) is -2.44. The third-order valence-corrected chi connectivity index (χ3v) is 6.68. The van der Waals surface area contributed by atoms with E-state index < -0.39 is 23.7 Å². The molecule has 0 spiro atoms. The molecular formula is C28H28ClF3N4O4. The quantitative estimate of drug-likeness (QED) is 0.364. The Morgan fingerprint density at radius 1 is 1.15 bits per heavy atom. The molecule has 4 rings (SSSR count). The van der Waals surface area contributed by atoms with Gasteiger partial charge >= 0.3 is 6.18 Å². The minimum atomic E-state index is -4.58. The summed E-state index contributed by atoms with van der Waals surface area (Å²) < 4.78 is 50.5. The monoisotopic (exact) mass is 576 g/mol. The number of likely N-dealkylation sites (tertiary alicyclic amines) is 1. The maximum absolute atomic E-state index is 13.4. The minimum Gasteiger partial charge on any atom is -0.437 e. The standard InChI is InChI=1S/C28H28ClF3N4O4/c1-33-20-11-13-36(15-20)27(38)23(17-39-16-18-6-3-2-4-7-18)35-25(37)21-8-5-12-34-26(21)40-24-10-9-19(14-22(24)29)28(30,31)32/h2-10,12,14,20,23,33H,11,13,15-17H2,1H3,(H,35,37)/t20-,23-/m1/s1. The Balaban J connectivity index is 1.51. The van der Waals surface area contributed by atoms with E-state index in [4.69, 9.17) is 21.1 Å². The van der Waals surface area contributed by atoms with Gasteiger partial charge in [-0.3, -0.25) is 9.59 Å². The Kier molecular flexibility index (Phi) is 9.62. The molecule has 1 aliphatic heterocycles. The first-order valence-electron chi connectivity index (χ1n) is 12.5. The van der Waals surface area contributed by atoms with E-state index in [0.29, 0.717) is 13.1 Å². The number of ether oxygens (including phenoxy) is 2. The summed E-state index contributed by atoms with van der Waals surface area (Å²) in [4.78, 5) is 32.5. The van der Waals surface area contributed by atoms with Crippen LogP contribution in [0.4, 0.5) is 13.2 Å². The molecule has 212 valence electrons. The number of hydrogen-bond donors (Lipinski definition) is 2. The molecule has 12 heteroatoms. The van der Waals surface area contributed by atoms with Crippen molar-refractivity contribution >= 4 is 23.4 Å². The van der Waals surface area contributed by atoms with Crippen LogP contribution in [0.15, 0.2) is 66.9 Å². The fourth-order valence-corrected chi connectivity index (χ4v) is 4.42. The molecular weight excluding hydrogens is 549 g/mol. The summed E-state index contributed by atoms with van der Waals surface area (Å²) in [7, 11) is 1.83. The lowest BCUT2D eigenvalue weighted by molar-refractivity contribution is -0.137. The lowest BCUT2D eigenvalue weighted by Gasteiger charge is -2.25. The van der Waals surface area contributed by atoms with E-state index in [2.05, 4.69) is 15.6 Å². The number of carbonyl (C=O) groups excluding carboxylic acids is 2. The zero-order valence-corrected chi connectivity index (χ0v) is 22.3. The molecule has 0 radical (unpaired) electrons. The molecule has 2 aromatic carbocycles. The van der Waals surface area contributed by atoms with Crippen LogP contribution in [-0.2, 0) is 22.3 Å². The molecule has 0 saturated carbocycles. The third-order valence-electron chi connectivity index (χ3n) is 6.39. The van der Waals surface area contributed by atoms with Crippen molar-refractivity contribution in [2.24, 2.45) is 0 Å². The van der Waals surface area contributed by atoms with Gasteiger partial charge in [-0.25, -0.2) is 4.98 Å². The molecule has 1 fully saturated rings. The fourth-order valence-electron chi connectivity index (χ4n) is 4.21. The van der Waals surface area contributed by atoms with Gasteiger partial charge in [0, 0.05) is 25.3 Å². The second-order valence-electron chi connectivity index (χ2n) is 9.19. The van der Waals surface area contributed by atoms with E-state index in [1.807, 2.05) is 37.4 Å². The predicted molar refractivity (Wildman–Crippen MR) is 142 cm³/mol. The number of halogens is 4. The van der Waals surface area contributed by atoms with Crippen molar-refractivity contribution in [2.45, 2.75) is 31.3 Å². The fraction of sp³-hybridized carbons (Fsp3) is 0.321. The molecule has 1 aromatic heterocycles. The number of likely N-dealkylation sites (N-methyl/N-ethyl adjacent to an activating group) is 1. The first-order valence-corrected chi connectivity index (χ1v) is 12.9. The summed E-state index contributed by atoms with van der Waals surface area (Å²) in [5.41, 5.74) is -0.0650. The normalized spacial score (nSPS) is 16.0. The topological polar surface area (TPSA) is 92.8 Å². The number of rotatable bonds is 10. The third kappa shape index (κ3) is 7.50. The average molecular weight is 577 g/mol. The van der Waals surface area contributed by atoms with Gasteiger partial charge < -0.3 is 25.0 Å². The number of amides is 2. The first-order chi connectivity index (χ1) is 19.2. The van der Waals surface area contributed by atoms with E-state index >= 15 is 0 Å². The summed E-state index contributed by atoms with van der Waals surface area (Å²) in [5, 5.41) is 5.57. The Labute approximate surface area is 234 Å². The average Bonchev–Trinajstić information content (AvgIpc) is 3.43. The summed E-state index contributed by atoms with van der Waals surface area (Å²) in [5.74, 6) is -1.26. The van der Waals surface area contributed by atoms with Crippen LogP contribution < -0.4 is 15.4 Å². The molecule has 40 heavy (non-hydrogen) atoms. The largest absolute Gasteiger partial charge is 0.437 e. The van der Waals surface area contributed by atoms with Crippen molar-refractivity contribution < 1.29 is 32.2 Å². The Morgan fingerprint density at radius 3 is 2.60 bits per heavy atom. The van der Waals surface area contributed by atoms with Crippen molar-refractivity contribution in [3.63, 3.8) is 0 Å². The number of nitrogens with zero attached hydrogens (tertiary/aromatic N) is 2. The van der Waals surface area contributed by atoms with Crippen molar-refractivity contribution in [1.82, 2.24) is 20.5 Å². The highest BCUT2D eigenvalue weighted by Crippen LogP contribution is 2.36. The van der Waals surface area contributed by atoms with Crippen LogP contribution in [0.3, 0.4) is 0 Å².